The van der Waals surface area contributed by atoms with E-state index in [0.29, 0.717) is 16.6 Å². The minimum absolute atomic E-state index is 0.235. The normalized spacial score (nSPS) is 11.0. The zero-order valence-electron chi connectivity index (χ0n) is 15.6. The van der Waals surface area contributed by atoms with Crippen molar-refractivity contribution in [2.75, 3.05) is 11.6 Å². The number of nitrogens with zero attached hydrogens (tertiary/aromatic N) is 3. The molecule has 4 rings (SSSR count). The number of hydrogen-bond acceptors (Lipinski definition) is 5. The van der Waals surface area contributed by atoms with Crippen LogP contribution in [-0.4, -0.2) is 20.9 Å². The molecule has 2 heterocycles. The third-order valence-corrected chi connectivity index (χ3v) is 5.21. The summed E-state index contributed by atoms with van der Waals surface area (Å²) >= 11 is 8.13. The molecule has 1 N–H and O–H groups in total. The molecular formula is C21H18ClFN4OS. The standard InChI is InChI=1S/C21H18ClFN4OS/c1-29-12-15-7-8-27-20(15)21(24-13-25-27)26-17-5-6-19(18(22)10-17)28-11-14-3-2-4-16(23)9-14/h2-10,13H,11-12H2,1H3,(H,24,25,26). The summed E-state index contributed by atoms with van der Waals surface area (Å²) in [6.07, 6.45) is 5.49. The first kappa shape index (κ1) is 19.5. The van der Waals surface area contributed by atoms with Gasteiger partial charge in [-0.1, -0.05) is 23.7 Å². The van der Waals surface area contributed by atoms with Gasteiger partial charge in [0, 0.05) is 17.6 Å². The molecule has 0 radical (unpaired) electrons. The fourth-order valence-electron chi connectivity index (χ4n) is 3.00. The molecule has 0 aliphatic rings. The highest BCUT2D eigenvalue weighted by atomic mass is 35.5. The molecule has 0 aliphatic carbocycles. The van der Waals surface area contributed by atoms with Gasteiger partial charge in [0.2, 0.25) is 0 Å². The van der Waals surface area contributed by atoms with Gasteiger partial charge in [-0.2, -0.15) is 16.9 Å². The predicted molar refractivity (Wildman–Crippen MR) is 116 cm³/mol. The number of aromatic nitrogens is 3. The number of thioether (sulfide) groups is 1. The Hall–Kier alpha value is -2.77. The maximum absolute atomic E-state index is 13.3. The molecule has 0 saturated heterocycles. The van der Waals surface area contributed by atoms with Gasteiger partial charge in [-0.15, -0.1) is 0 Å². The molecule has 0 bridgehead atoms. The molecule has 2 aromatic heterocycles. The van der Waals surface area contributed by atoms with Crippen LogP contribution in [0.2, 0.25) is 5.02 Å². The average molecular weight is 429 g/mol. The van der Waals surface area contributed by atoms with Gasteiger partial charge < -0.3 is 10.1 Å². The molecule has 148 valence electrons. The van der Waals surface area contributed by atoms with Crippen LogP contribution in [0.25, 0.3) is 5.52 Å². The zero-order chi connectivity index (χ0) is 20.2. The van der Waals surface area contributed by atoms with Gasteiger partial charge in [0.15, 0.2) is 5.82 Å². The maximum Gasteiger partial charge on any atom is 0.158 e. The summed E-state index contributed by atoms with van der Waals surface area (Å²) in [6, 6.07) is 13.8. The Labute approximate surface area is 176 Å². The van der Waals surface area contributed by atoms with E-state index in [1.54, 1.807) is 40.5 Å². The Morgan fingerprint density at radius 3 is 2.90 bits per heavy atom. The summed E-state index contributed by atoms with van der Waals surface area (Å²) in [5.74, 6) is 1.81. The van der Waals surface area contributed by atoms with Crippen LogP contribution in [0.4, 0.5) is 15.9 Å². The van der Waals surface area contributed by atoms with Gasteiger partial charge in [-0.05, 0) is 53.8 Å². The van der Waals surface area contributed by atoms with E-state index < -0.39 is 0 Å². The average Bonchev–Trinajstić information content (AvgIpc) is 3.12. The Bertz CT molecular complexity index is 1150. The SMILES string of the molecule is CSCc1ccn2ncnc(Nc3ccc(OCc4cccc(F)c4)c(Cl)c3)c12. The minimum Gasteiger partial charge on any atom is -0.487 e. The Morgan fingerprint density at radius 1 is 1.21 bits per heavy atom. The molecule has 0 unspecified atom stereocenters. The fraction of sp³-hybridized carbons (Fsp3) is 0.143. The van der Waals surface area contributed by atoms with Crippen molar-refractivity contribution < 1.29 is 9.13 Å². The minimum atomic E-state index is -0.292. The van der Waals surface area contributed by atoms with Gasteiger partial charge in [-0.25, -0.2) is 13.9 Å². The molecule has 0 atom stereocenters. The quantitative estimate of drug-likeness (QED) is 0.408. The largest absolute Gasteiger partial charge is 0.487 e. The topological polar surface area (TPSA) is 51.5 Å². The molecule has 0 aliphatic heterocycles. The van der Waals surface area contributed by atoms with Crippen LogP contribution in [0.3, 0.4) is 0 Å². The third kappa shape index (κ3) is 4.46. The van der Waals surface area contributed by atoms with Crippen molar-refractivity contribution in [3.63, 3.8) is 0 Å². The molecule has 0 fully saturated rings. The molecule has 0 amide bonds. The fourth-order valence-corrected chi connectivity index (χ4v) is 3.78. The van der Waals surface area contributed by atoms with Crippen LogP contribution in [0.1, 0.15) is 11.1 Å². The van der Waals surface area contributed by atoms with Crippen molar-refractivity contribution in [1.29, 1.82) is 0 Å². The molecule has 29 heavy (non-hydrogen) atoms. The van der Waals surface area contributed by atoms with E-state index in [-0.39, 0.29) is 12.4 Å². The first-order valence-corrected chi connectivity index (χ1v) is 10.6. The highest BCUT2D eigenvalue weighted by Gasteiger charge is 2.11. The van der Waals surface area contributed by atoms with Crippen molar-refractivity contribution in [1.82, 2.24) is 14.6 Å². The molecule has 4 aromatic rings. The maximum atomic E-state index is 13.3. The number of anilines is 2. The summed E-state index contributed by atoms with van der Waals surface area (Å²) in [4.78, 5) is 4.39. The summed E-state index contributed by atoms with van der Waals surface area (Å²) in [5.41, 5.74) is 3.61. The lowest BCUT2D eigenvalue weighted by Gasteiger charge is -2.12. The second-order valence-electron chi connectivity index (χ2n) is 6.36. The van der Waals surface area contributed by atoms with Gasteiger partial charge in [0.1, 0.15) is 30.0 Å². The van der Waals surface area contributed by atoms with Gasteiger partial charge in [0.05, 0.1) is 5.02 Å². The number of rotatable bonds is 7. The Morgan fingerprint density at radius 2 is 2.10 bits per heavy atom. The van der Waals surface area contributed by atoms with Crippen LogP contribution in [0.5, 0.6) is 5.75 Å². The summed E-state index contributed by atoms with van der Waals surface area (Å²) in [6.45, 7) is 0.235. The third-order valence-electron chi connectivity index (χ3n) is 4.32. The number of hydrogen-bond donors (Lipinski definition) is 1. The number of halogens is 2. The molecule has 5 nitrogen and oxygen atoms in total. The van der Waals surface area contributed by atoms with E-state index in [1.165, 1.54) is 18.5 Å². The lowest BCUT2D eigenvalue weighted by Crippen LogP contribution is -2.01. The Balaban J connectivity index is 1.53. The van der Waals surface area contributed by atoms with Crippen LogP contribution in [0, 0.1) is 5.82 Å². The second-order valence-corrected chi connectivity index (χ2v) is 7.64. The second kappa shape index (κ2) is 8.71. The number of fused-ring (bicyclic) bond motifs is 1. The lowest BCUT2D eigenvalue weighted by atomic mass is 10.2. The van der Waals surface area contributed by atoms with Crippen molar-refractivity contribution in [3.05, 3.63) is 83.0 Å². The highest BCUT2D eigenvalue weighted by molar-refractivity contribution is 7.97. The van der Waals surface area contributed by atoms with Gasteiger partial charge in [-0.3, -0.25) is 0 Å². The first-order valence-electron chi connectivity index (χ1n) is 8.88. The lowest BCUT2D eigenvalue weighted by molar-refractivity contribution is 0.306. The Kier molecular flexibility index (Phi) is 5.87. The van der Waals surface area contributed by atoms with E-state index in [1.807, 2.05) is 18.3 Å². The number of ether oxygens (including phenoxy) is 1. The number of nitrogens with one attached hydrogen (secondary N) is 1. The summed E-state index contributed by atoms with van der Waals surface area (Å²) in [7, 11) is 0. The van der Waals surface area contributed by atoms with Crippen LogP contribution >= 0.6 is 23.4 Å². The molecule has 0 spiro atoms. The van der Waals surface area contributed by atoms with E-state index in [0.717, 1.165) is 28.1 Å². The summed E-state index contributed by atoms with van der Waals surface area (Å²) in [5, 5.41) is 8.03. The van der Waals surface area contributed by atoms with Crippen LogP contribution < -0.4 is 10.1 Å². The van der Waals surface area contributed by atoms with E-state index >= 15 is 0 Å². The van der Waals surface area contributed by atoms with Crippen molar-refractivity contribution in [3.8, 4) is 5.75 Å². The van der Waals surface area contributed by atoms with E-state index in [9.17, 15) is 4.39 Å². The molecule has 2 aromatic carbocycles. The van der Waals surface area contributed by atoms with Crippen molar-refractivity contribution >= 4 is 40.4 Å². The van der Waals surface area contributed by atoms with Crippen molar-refractivity contribution in [2.24, 2.45) is 0 Å². The van der Waals surface area contributed by atoms with Gasteiger partial charge in [0.25, 0.3) is 0 Å². The molecule has 0 saturated carbocycles. The van der Waals surface area contributed by atoms with E-state index in [2.05, 4.69) is 21.7 Å². The summed E-state index contributed by atoms with van der Waals surface area (Å²) < 4.78 is 20.8. The highest BCUT2D eigenvalue weighted by Crippen LogP contribution is 2.31. The number of benzene rings is 2. The predicted octanol–water partition coefficient (Wildman–Crippen LogP) is 5.71. The van der Waals surface area contributed by atoms with E-state index in [4.69, 9.17) is 16.3 Å². The van der Waals surface area contributed by atoms with Crippen LogP contribution in [-0.2, 0) is 12.4 Å². The molecule has 8 heteroatoms. The zero-order valence-corrected chi connectivity index (χ0v) is 17.2. The smallest absolute Gasteiger partial charge is 0.158 e. The van der Waals surface area contributed by atoms with Crippen LogP contribution in [0.15, 0.2) is 61.1 Å². The first-order chi connectivity index (χ1) is 14.1. The van der Waals surface area contributed by atoms with Gasteiger partial charge >= 0.3 is 0 Å². The van der Waals surface area contributed by atoms with Crippen molar-refractivity contribution in [2.45, 2.75) is 12.4 Å². The monoisotopic (exact) mass is 428 g/mol. The molecular weight excluding hydrogens is 411 g/mol.